The van der Waals surface area contributed by atoms with Crippen molar-refractivity contribution in [2.45, 2.75) is 13.3 Å². The number of rotatable bonds is 7. The second kappa shape index (κ2) is 8.94. The first-order chi connectivity index (χ1) is 13.5. The van der Waals surface area contributed by atoms with Crippen LogP contribution in [0, 0.1) is 10.1 Å². The van der Waals surface area contributed by atoms with Gasteiger partial charge in [0.05, 0.1) is 10.6 Å². The van der Waals surface area contributed by atoms with Gasteiger partial charge in [0.15, 0.2) is 11.7 Å². The molecule has 1 heterocycles. The average Bonchev–Trinajstić information content (AvgIpc) is 3.15. The fraction of sp³-hybridized carbons (Fsp3) is 0.158. The Morgan fingerprint density at radius 2 is 2.04 bits per heavy atom. The van der Waals surface area contributed by atoms with Gasteiger partial charge in [0, 0.05) is 27.5 Å². The third-order valence-corrected chi connectivity index (χ3v) is 5.14. The van der Waals surface area contributed by atoms with Gasteiger partial charge in [-0.15, -0.1) is 11.3 Å². The minimum atomic E-state index is -0.453. The molecule has 7 nitrogen and oxygen atoms in total. The van der Waals surface area contributed by atoms with Crippen LogP contribution in [0.3, 0.4) is 0 Å². The van der Waals surface area contributed by atoms with Crippen molar-refractivity contribution >= 4 is 44.0 Å². The number of carbonyl (C=O) groups is 1. The number of nitrogens with zero attached hydrogens (tertiary/aromatic N) is 2. The highest BCUT2D eigenvalue weighted by molar-refractivity contribution is 9.10. The van der Waals surface area contributed by atoms with Crippen LogP contribution >= 0.6 is 27.3 Å². The Morgan fingerprint density at radius 1 is 1.29 bits per heavy atom. The predicted molar refractivity (Wildman–Crippen MR) is 112 cm³/mol. The molecule has 3 aromatic rings. The number of nitrogens with one attached hydrogen (secondary N) is 1. The van der Waals surface area contributed by atoms with Crippen molar-refractivity contribution in [3.05, 3.63) is 68.0 Å². The van der Waals surface area contributed by atoms with E-state index in [0.717, 1.165) is 22.0 Å². The fourth-order valence-electron chi connectivity index (χ4n) is 2.48. The molecule has 0 radical (unpaired) electrons. The van der Waals surface area contributed by atoms with E-state index >= 15 is 0 Å². The highest BCUT2D eigenvalue weighted by Gasteiger charge is 2.11. The maximum absolute atomic E-state index is 12.2. The maximum atomic E-state index is 12.2. The maximum Gasteiger partial charge on any atom is 0.269 e. The first kappa shape index (κ1) is 20.0. The van der Waals surface area contributed by atoms with Crippen LogP contribution in [0.25, 0.3) is 11.3 Å². The smallest absolute Gasteiger partial charge is 0.269 e. The molecular weight excluding hydrogens is 446 g/mol. The summed E-state index contributed by atoms with van der Waals surface area (Å²) in [6.45, 7) is 1.89. The summed E-state index contributed by atoms with van der Waals surface area (Å²) in [6, 6.07) is 11.7. The van der Waals surface area contributed by atoms with E-state index in [9.17, 15) is 14.9 Å². The molecule has 3 rings (SSSR count). The monoisotopic (exact) mass is 461 g/mol. The first-order valence-corrected chi connectivity index (χ1v) is 10.0. The number of carbonyl (C=O) groups excluding carboxylic acids is 1. The zero-order chi connectivity index (χ0) is 20.1. The van der Waals surface area contributed by atoms with Crippen molar-refractivity contribution in [3.63, 3.8) is 0 Å². The van der Waals surface area contributed by atoms with Gasteiger partial charge in [-0.1, -0.05) is 22.9 Å². The summed E-state index contributed by atoms with van der Waals surface area (Å²) in [6.07, 6.45) is 0.793. The number of ether oxygens (including phenoxy) is 1. The number of nitro groups is 1. The third kappa shape index (κ3) is 4.93. The number of anilines is 1. The standard InChI is InChI=1S/C19H16BrN3O4S/c1-2-12-9-14(20)5-8-17(12)27-10-18(24)22-19-21-16(11-28-19)13-3-6-15(7-4-13)23(25)26/h3-9,11H,2,10H2,1H3,(H,21,22,24). The van der Waals surface area contributed by atoms with E-state index in [4.69, 9.17) is 4.74 Å². The van der Waals surface area contributed by atoms with Gasteiger partial charge < -0.3 is 4.74 Å². The number of hydrogen-bond acceptors (Lipinski definition) is 6. The second-order valence-corrected chi connectivity index (χ2v) is 7.56. The number of aromatic nitrogens is 1. The van der Waals surface area contributed by atoms with Crippen LogP contribution in [0.4, 0.5) is 10.8 Å². The minimum Gasteiger partial charge on any atom is -0.483 e. The second-order valence-electron chi connectivity index (χ2n) is 5.78. The quantitative estimate of drug-likeness (QED) is 0.391. The molecule has 0 atom stereocenters. The highest BCUT2D eigenvalue weighted by Crippen LogP contribution is 2.27. The van der Waals surface area contributed by atoms with Crippen LogP contribution < -0.4 is 10.1 Å². The van der Waals surface area contributed by atoms with E-state index in [1.54, 1.807) is 17.5 Å². The largest absolute Gasteiger partial charge is 0.483 e. The van der Waals surface area contributed by atoms with E-state index in [-0.39, 0.29) is 18.2 Å². The van der Waals surface area contributed by atoms with Crippen molar-refractivity contribution < 1.29 is 14.5 Å². The molecule has 0 aliphatic carbocycles. The lowest BCUT2D eigenvalue weighted by Crippen LogP contribution is -2.20. The Balaban J connectivity index is 1.60. The number of hydrogen-bond donors (Lipinski definition) is 1. The SMILES string of the molecule is CCc1cc(Br)ccc1OCC(=O)Nc1nc(-c2ccc([N+](=O)[O-])cc2)cs1. The molecule has 0 unspecified atom stereocenters. The van der Waals surface area contributed by atoms with Gasteiger partial charge in [-0.2, -0.15) is 0 Å². The topological polar surface area (TPSA) is 94.4 Å². The number of aryl methyl sites for hydroxylation is 1. The Hall–Kier alpha value is -2.78. The number of nitro benzene ring substituents is 1. The predicted octanol–water partition coefficient (Wildman–Crippen LogP) is 5.06. The van der Waals surface area contributed by atoms with Crippen LogP contribution in [-0.4, -0.2) is 22.4 Å². The Morgan fingerprint density at radius 3 is 2.71 bits per heavy atom. The van der Waals surface area contributed by atoms with E-state index in [1.807, 2.05) is 25.1 Å². The molecule has 28 heavy (non-hydrogen) atoms. The zero-order valence-corrected chi connectivity index (χ0v) is 17.2. The molecule has 1 aromatic heterocycles. The molecule has 0 bridgehead atoms. The average molecular weight is 462 g/mol. The van der Waals surface area contributed by atoms with Gasteiger partial charge in [-0.05, 0) is 42.3 Å². The molecule has 1 amide bonds. The molecular formula is C19H16BrN3O4S. The Kier molecular flexibility index (Phi) is 6.37. The third-order valence-electron chi connectivity index (χ3n) is 3.89. The fourth-order valence-corrected chi connectivity index (χ4v) is 3.63. The highest BCUT2D eigenvalue weighted by atomic mass is 79.9. The van der Waals surface area contributed by atoms with Gasteiger partial charge in [-0.3, -0.25) is 20.2 Å². The van der Waals surface area contributed by atoms with E-state index in [2.05, 4.69) is 26.2 Å². The van der Waals surface area contributed by atoms with E-state index < -0.39 is 4.92 Å². The van der Waals surface area contributed by atoms with Gasteiger partial charge >= 0.3 is 0 Å². The lowest BCUT2D eigenvalue weighted by atomic mass is 10.1. The normalized spacial score (nSPS) is 10.5. The van der Waals surface area contributed by atoms with Crippen molar-refractivity contribution in [2.24, 2.45) is 0 Å². The number of halogens is 1. The zero-order valence-electron chi connectivity index (χ0n) is 14.8. The summed E-state index contributed by atoms with van der Waals surface area (Å²) in [7, 11) is 0. The molecule has 0 spiro atoms. The van der Waals surface area contributed by atoms with E-state index in [1.165, 1.54) is 23.5 Å². The van der Waals surface area contributed by atoms with Crippen LogP contribution in [0.15, 0.2) is 52.3 Å². The summed E-state index contributed by atoms with van der Waals surface area (Å²) in [5.41, 5.74) is 2.40. The van der Waals surface area contributed by atoms with Crippen LogP contribution in [0.5, 0.6) is 5.75 Å². The van der Waals surface area contributed by atoms with Crippen LogP contribution in [0.1, 0.15) is 12.5 Å². The summed E-state index contributed by atoms with van der Waals surface area (Å²) < 4.78 is 6.59. The van der Waals surface area contributed by atoms with Crippen LogP contribution in [0.2, 0.25) is 0 Å². The van der Waals surface area contributed by atoms with Crippen LogP contribution in [-0.2, 0) is 11.2 Å². The summed E-state index contributed by atoms with van der Waals surface area (Å²) >= 11 is 4.69. The molecule has 0 saturated carbocycles. The first-order valence-electron chi connectivity index (χ1n) is 8.37. The van der Waals surface area contributed by atoms with E-state index in [0.29, 0.717) is 16.6 Å². The van der Waals surface area contributed by atoms with Crippen molar-refractivity contribution in [3.8, 4) is 17.0 Å². The van der Waals surface area contributed by atoms with Crippen molar-refractivity contribution in [1.29, 1.82) is 0 Å². The summed E-state index contributed by atoms with van der Waals surface area (Å²) in [5, 5.41) is 15.6. The molecule has 1 N–H and O–H groups in total. The number of non-ortho nitro benzene ring substituents is 1. The molecule has 9 heteroatoms. The number of amides is 1. The summed E-state index contributed by atoms with van der Waals surface area (Å²) in [5.74, 6) is 0.362. The lowest BCUT2D eigenvalue weighted by Gasteiger charge is -2.10. The summed E-state index contributed by atoms with van der Waals surface area (Å²) in [4.78, 5) is 26.8. The van der Waals surface area contributed by atoms with Crippen molar-refractivity contribution in [1.82, 2.24) is 4.98 Å². The lowest BCUT2D eigenvalue weighted by molar-refractivity contribution is -0.384. The molecule has 2 aromatic carbocycles. The van der Waals surface area contributed by atoms with Crippen molar-refractivity contribution in [2.75, 3.05) is 11.9 Å². The van der Waals surface area contributed by atoms with Gasteiger partial charge in [0.1, 0.15) is 5.75 Å². The van der Waals surface area contributed by atoms with Gasteiger partial charge in [0.25, 0.3) is 11.6 Å². The van der Waals surface area contributed by atoms with Gasteiger partial charge in [0.2, 0.25) is 0 Å². The molecule has 0 fully saturated rings. The Labute approximate surface area is 173 Å². The molecule has 0 aliphatic heterocycles. The minimum absolute atomic E-state index is 0.0176. The van der Waals surface area contributed by atoms with Gasteiger partial charge in [-0.25, -0.2) is 4.98 Å². The molecule has 0 aliphatic rings. The Bertz CT molecular complexity index is 1000. The number of thiazole rings is 1. The molecule has 0 saturated heterocycles. The number of benzene rings is 2. The molecule has 144 valence electrons.